The van der Waals surface area contributed by atoms with Crippen molar-refractivity contribution in [1.82, 2.24) is 25.2 Å². The molecular weight excluding hydrogens is 318 g/mol. The molecule has 7 heteroatoms. The van der Waals surface area contributed by atoms with Crippen LogP contribution < -0.4 is 5.32 Å². The Morgan fingerprint density at radius 1 is 1.48 bits per heavy atom. The topological polar surface area (TPSA) is 83.3 Å². The first-order chi connectivity index (χ1) is 12.1. The second kappa shape index (κ2) is 7.76. The van der Waals surface area contributed by atoms with Gasteiger partial charge in [-0.05, 0) is 58.0 Å². The monoisotopic (exact) mass is 343 g/mol. The van der Waals surface area contributed by atoms with Crippen LogP contribution in [-0.4, -0.2) is 57.1 Å². The highest BCUT2D eigenvalue weighted by Crippen LogP contribution is 2.28. The van der Waals surface area contributed by atoms with E-state index in [-0.39, 0.29) is 18.6 Å². The minimum absolute atomic E-state index is 0.0544. The van der Waals surface area contributed by atoms with Crippen molar-refractivity contribution in [3.8, 4) is 5.69 Å². The van der Waals surface area contributed by atoms with Gasteiger partial charge in [0.25, 0.3) is 5.91 Å². The zero-order valence-electron chi connectivity index (χ0n) is 14.7. The number of hydrogen-bond donors (Lipinski definition) is 2. The van der Waals surface area contributed by atoms with Crippen LogP contribution in [0.1, 0.15) is 48.3 Å². The summed E-state index contributed by atoms with van der Waals surface area (Å²) in [5.41, 5.74) is 2.34. The van der Waals surface area contributed by atoms with Crippen molar-refractivity contribution in [2.24, 2.45) is 0 Å². The second-order valence-electron chi connectivity index (χ2n) is 6.66. The molecule has 3 rings (SSSR count). The molecule has 0 bridgehead atoms. The third-order valence-corrected chi connectivity index (χ3v) is 4.69. The minimum atomic E-state index is -0.154. The van der Waals surface area contributed by atoms with Crippen LogP contribution in [0.3, 0.4) is 0 Å². The van der Waals surface area contributed by atoms with Gasteiger partial charge in [0, 0.05) is 18.2 Å². The molecule has 2 unspecified atom stereocenters. The molecule has 2 heterocycles. The number of aliphatic hydroxyl groups is 1. The lowest BCUT2D eigenvalue weighted by Gasteiger charge is -2.15. The van der Waals surface area contributed by atoms with Gasteiger partial charge in [0.1, 0.15) is 5.69 Å². The molecule has 1 aromatic carbocycles. The van der Waals surface area contributed by atoms with Crippen molar-refractivity contribution in [2.45, 2.75) is 38.3 Å². The van der Waals surface area contributed by atoms with E-state index < -0.39 is 0 Å². The summed E-state index contributed by atoms with van der Waals surface area (Å²) in [5.74, 6) is -0.154. The molecule has 2 aromatic rings. The summed E-state index contributed by atoms with van der Waals surface area (Å²) < 4.78 is 1.72. The first-order valence-electron chi connectivity index (χ1n) is 8.73. The molecule has 0 spiro atoms. The maximum atomic E-state index is 12.3. The molecule has 0 aliphatic carbocycles. The van der Waals surface area contributed by atoms with E-state index in [1.807, 2.05) is 25.3 Å². The molecular formula is C18H25N5O2. The Balaban J connectivity index is 1.75. The van der Waals surface area contributed by atoms with Crippen LogP contribution >= 0.6 is 0 Å². The Hall–Kier alpha value is -2.25. The van der Waals surface area contributed by atoms with Gasteiger partial charge in [-0.1, -0.05) is 11.3 Å². The highest BCUT2D eigenvalue weighted by Gasteiger charge is 2.25. The summed E-state index contributed by atoms with van der Waals surface area (Å²) in [6.07, 6.45) is 4.75. The summed E-state index contributed by atoms with van der Waals surface area (Å²) >= 11 is 0. The number of benzene rings is 1. The number of aromatic nitrogens is 3. The fourth-order valence-electron chi connectivity index (χ4n) is 3.20. The largest absolute Gasteiger partial charge is 0.396 e. The maximum absolute atomic E-state index is 12.3. The predicted molar refractivity (Wildman–Crippen MR) is 94.6 cm³/mol. The molecule has 0 saturated carbocycles. The van der Waals surface area contributed by atoms with E-state index in [0.29, 0.717) is 18.0 Å². The lowest BCUT2D eigenvalue weighted by Crippen LogP contribution is -2.33. The molecule has 1 aliphatic heterocycles. The van der Waals surface area contributed by atoms with Gasteiger partial charge in [-0.25, -0.2) is 4.68 Å². The predicted octanol–water partition coefficient (Wildman–Crippen LogP) is 1.53. The van der Waals surface area contributed by atoms with Crippen molar-refractivity contribution >= 4 is 5.91 Å². The number of hydrogen-bond acceptors (Lipinski definition) is 5. The smallest absolute Gasteiger partial charge is 0.251 e. The Morgan fingerprint density at radius 3 is 3.04 bits per heavy atom. The van der Waals surface area contributed by atoms with E-state index in [9.17, 15) is 4.79 Å². The Morgan fingerprint density at radius 2 is 2.32 bits per heavy atom. The van der Waals surface area contributed by atoms with Crippen LogP contribution in [0.25, 0.3) is 5.69 Å². The lowest BCUT2D eigenvalue weighted by molar-refractivity contribution is 0.0934. The third kappa shape index (κ3) is 4.05. The van der Waals surface area contributed by atoms with Gasteiger partial charge >= 0.3 is 0 Å². The average molecular weight is 343 g/mol. The van der Waals surface area contributed by atoms with Crippen molar-refractivity contribution in [3.63, 3.8) is 0 Å². The summed E-state index contributed by atoms with van der Waals surface area (Å²) in [6, 6.07) is 7.57. The van der Waals surface area contributed by atoms with Crippen LogP contribution in [0.5, 0.6) is 0 Å². The number of nitrogens with one attached hydrogen (secondary N) is 1. The number of amides is 1. The van der Waals surface area contributed by atoms with E-state index >= 15 is 0 Å². The zero-order valence-corrected chi connectivity index (χ0v) is 14.7. The molecule has 0 radical (unpaired) electrons. The molecule has 1 saturated heterocycles. The number of nitrogens with zero attached hydrogens (tertiary/aromatic N) is 4. The van der Waals surface area contributed by atoms with Crippen molar-refractivity contribution in [3.05, 3.63) is 41.7 Å². The van der Waals surface area contributed by atoms with Crippen molar-refractivity contribution in [2.75, 3.05) is 20.2 Å². The van der Waals surface area contributed by atoms with Crippen LogP contribution in [-0.2, 0) is 0 Å². The first-order valence-corrected chi connectivity index (χ1v) is 8.73. The van der Waals surface area contributed by atoms with Gasteiger partial charge in [0.2, 0.25) is 0 Å². The average Bonchev–Trinajstić information content (AvgIpc) is 3.23. The molecule has 2 atom stereocenters. The van der Waals surface area contributed by atoms with Gasteiger partial charge in [0.05, 0.1) is 17.9 Å². The summed E-state index contributed by atoms with van der Waals surface area (Å²) in [7, 11) is 2.11. The van der Waals surface area contributed by atoms with Gasteiger partial charge in [-0.15, -0.1) is 5.10 Å². The fraction of sp³-hybridized carbons (Fsp3) is 0.500. The Labute approximate surface area is 147 Å². The maximum Gasteiger partial charge on any atom is 0.251 e. The summed E-state index contributed by atoms with van der Waals surface area (Å²) in [5, 5.41) is 20.4. The second-order valence-corrected chi connectivity index (χ2v) is 6.66. The van der Waals surface area contributed by atoms with Crippen molar-refractivity contribution in [1.29, 1.82) is 0 Å². The van der Waals surface area contributed by atoms with E-state index in [4.69, 9.17) is 5.11 Å². The minimum Gasteiger partial charge on any atom is -0.396 e. The van der Waals surface area contributed by atoms with E-state index in [0.717, 1.165) is 24.3 Å². The summed E-state index contributed by atoms with van der Waals surface area (Å²) in [4.78, 5) is 14.6. The Kier molecular flexibility index (Phi) is 5.45. The number of likely N-dealkylation sites (tertiary alicyclic amines) is 1. The van der Waals surface area contributed by atoms with Crippen LogP contribution in [0, 0.1) is 0 Å². The highest BCUT2D eigenvalue weighted by molar-refractivity contribution is 5.94. The van der Waals surface area contributed by atoms with Gasteiger partial charge in [0.15, 0.2) is 0 Å². The zero-order chi connectivity index (χ0) is 17.8. The molecule has 134 valence electrons. The number of carbonyl (C=O) groups excluding carboxylic acids is 1. The standard InChI is InChI=1S/C18H25N5O2/c1-13(8-10-24)19-18(25)14-5-3-6-15(11-14)23-12-16(20-21-23)17-7-4-9-22(17)2/h3,5-6,11-13,17,24H,4,7-10H2,1-2H3,(H,19,25). The van der Waals surface area contributed by atoms with Crippen LogP contribution in [0.4, 0.5) is 0 Å². The fourth-order valence-corrected chi connectivity index (χ4v) is 3.20. The van der Waals surface area contributed by atoms with E-state index in [1.165, 1.54) is 6.42 Å². The molecule has 1 fully saturated rings. The highest BCUT2D eigenvalue weighted by atomic mass is 16.3. The number of aliphatic hydroxyl groups excluding tert-OH is 1. The SMILES string of the molecule is CC(CCO)NC(=O)c1cccc(-n2cc(C3CCCN3C)nn2)c1. The third-order valence-electron chi connectivity index (χ3n) is 4.69. The van der Waals surface area contributed by atoms with Crippen molar-refractivity contribution < 1.29 is 9.90 Å². The quantitative estimate of drug-likeness (QED) is 0.831. The molecule has 7 nitrogen and oxygen atoms in total. The van der Waals surface area contributed by atoms with E-state index in [2.05, 4.69) is 27.6 Å². The van der Waals surface area contributed by atoms with Gasteiger partial charge < -0.3 is 10.4 Å². The normalized spacial score (nSPS) is 19.1. The van der Waals surface area contributed by atoms with Gasteiger partial charge in [-0.3, -0.25) is 9.69 Å². The summed E-state index contributed by atoms with van der Waals surface area (Å²) in [6.45, 7) is 3.01. The molecule has 1 amide bonds. The molecule has 1 aliphatic rings. The van der Waals surface area contributed by atoms with Crippen LogP contribution in [0.15, 0.2) is 30.5 Å². The first kappa shape index (κ1) is 17.6. The lowest BCUT2D eigenvalue weighted by atomic mass is 10.1. The molecule has 25 heavy (non-hydrogen) atoms. The Bertz CT molecular complexity index is 730. The molecule has 2 N–H and O–H groups in total. The van der Waals surface area contributed by atoms with Gasteiger partial charge in [-0.2, -0.15) is 0 Å². The van der Waals surface area contributed by atoms with E-state index in [1.54, 1.807) is 16.8 Å². The number of rotatable bonds is 6. The number of carbonyl (C=O) groups is 1. The van der Waals surface area contributed by atoms with Crippen LogP contribution in [0.2, 0.25) is 0 Å². The molecule has 1 aromatic heterocycles.